The molecular weight excluding hydrogens is 244 g/mol. The molecule has 1 aromatic heterocycles. The molecule has 5 heteroatoms. The van der Waals surface area contributed by atoms with Crippen LogP contribution in [0.4, 0.5) is 0 Å². The van der Waals surface area contributed by atoms with Gasteiger partial charge in [0, 0.05) is 12.5 Å². The van der Waals surface area contributed by atoms with Gasteiger partial charge in [-0.25, -0.2) is 0 Å². The monoisotopic (exact) mass is 266 g/mol. The molecule has 1 fully saturated rings. The number of rotatable bonds is 4. The van der Waals surface area contributed by atoms with Crippen molar-refractivity contribution < 1.29 is 14.1 Å². The van der Waals surface area contributed by atoms with Crippen LogP contribution < -0.4 is 5.32 Å². The van der Waals surface area contributed by atoms with Crippen molar-refractivity contribution in [1.82, 2.24) is 10.5 Å². The molecule has 0 aliphatic carbocycles. The van der Waals surface area contributed by atoms with Crippen LogP contribution in [0.5, 0.6) is 0 Å². The number of hydrogen-bond donors (Lipinski definition) is 1. The van der Waals surface area contributed by atoms with E-state index in [2.05, 4.69) is 10.5 Å². The molecule has 1 amide bonds. The maximum absolute atomic E-state index is 12.4. The Morgan fingerprint density at radius 3 is 2.74 bits per heavy atom. The Labute approximate surface area is 113 Å². The topological polar surface area (TPSA) is 64.4 Å². The number of ether oxygens (including phenoxy) is 1. The summed E-state index contributed by atoms with van der Waals surface area (Å²) in [6.07, 6.45) is 2.18. The lowest BCUT2D eigenvalue weighted by atomic mass is 10.0. The van der Waals surface area contributed by atoms with E-state index >= 15 is 0 Å². The highest BCUT2D eigenvalue weighted by Gasteiger charge is 2.27. The van der Waals surface area contributed by atoms with Crippen LogP contribution in [0.25, 0.3) is 0 Å². The lowest BCUT2D eigenvalue weighted by Crippen LogP contribution is -2.41. The highest BCUT2D eigenvalue weighted by molar-refractivity contribution is 5.96. The second kappa shape index (κ2) is 5.74. The Balaban J connectivity index is 2.09. The second-order valence-corrected chi connectivity index (χ2v) is 5.48. The number of hydrogen-bond acceptors (Lipinski definition) is 4. The number of carbonyl (C=O) groups excluding carboxylic acids is 1. The number of nitrogens with one attached hydrogen (secondary N) is 1. The van der Waals surface area contributed by atoms with E-state index in [0.717, 1.165) is 19.4 Å². The second-order valence-electron chi connectivity index (χ2n) is 5.48. The van der Waals surface area contributed by atoms with E-state index in [1.54, 1.807) is 6.92 Å². The van der Waals surface area contributed by atoms with Crippen LogP contribution in [0, 0.1) is 6.92 Å². The van der Waals surface area contributed by atoms with Gasteiger partial charge >= 0.3 is 0 Å². The zero-order valence-corrected chi connectivity index (χ0v) is 12.0. The Morgan fingerprint density at radius 2 is 2.16 bits per heavy atom. The van der Waals surface area contributed by atoms with Crippen molar-refractivity contribution in [3.63, 3.8) is 0 Å². The van der Waals surface area contributed by atoms with Crippen LogP contribution in [0.3, 0.4) is 0 Å². The molecule has 5 nitrogen and oxygen atoms in total. The molecule has 2 rings (SSSR count). The maximum atomic E-state index is 12.4. The Bertz CT molecular complexity index is 448. The third-order valence-corrected chi connectivity index (χ3v) is 3.52. The van der Waals surface area contributed by atoms with Crippen molar-refractivity contribution in [1.29, 1.82) is 0 Å². The third-order valence-electron chi connectivity index (χ3n) is 3.52. The number of nitrogens with zero attached hydrogens (tertiary/aromatic N) is 1. The standard InChI is InChI=1S/C14H22N2O3/c1-8(2)13-12(10(4)16-19-13)14(17)15-9(3)11-6-5-7-18-11/h8-9,11H,5-7H2,1-4H3,(H,15,17). The lowest BCUT2D eigenvalue weighted by Gasteiger charge is -2.20. The number of aryl methyl sites for hydroxylation is 1. The van der Waals surface area contributed by atoms with E-state index in [9.17, 15) is 4.79 Å². The predicted molar refractivity (Wildman–Crippen MR) is 71.2 cm³/mol. The van der Waals surface area contributed by atoms with Crippen LogP contribution in [0.1, 0.15) is 61.3 Å². The molecular formula is C14H22N2O3. The average Bonchev–Trinajstić information content (AvgIpc) is 2.96. The van der Waals surface area contributed by atoms with Crippen LogP contribution in [-0.2, 0) is 4.74 Å². The maximum Gasteiger partial charge on any atom is 0.257 e. The SMILES string of the molecule is Cc1noc(C(C)C)c1C(=O)NC(C)C1CCCO1. The average molecular weight is 266 g/mol. The molecule has 1 aliphatic heterocycles. The van der Waals surface area contributed by atoms with E-state index in [4.69, 9.17) is 9.26 Å². The predicted octanol–water partition coefficient (Wildman–Crippen LogP) is 2.40. The Morgan fingerprint density at radius 1 is 1.42 bits per heavy atom. The molecule has 2 heterocycles. The van der Waals surface area contributed by atoms with E-state index in [1.807, 2.05) is 20.8 Å². The van der Waals surface area contributed by atoms with E-state index < -0.39 is 0 Å². The largest absolute Gasteiger partial charge is 0.376 e. The van der Waals surface area contributed by atoms with E-state index in [-0.39, 0.29) is 24.0 Å². The van der Waals surface area contributed by atoms with Gasteiger partial charge in [0.05, 0.1) is 17.8 Å². The molecule has 2 unspecified atom stereocenters. The summed E-state index contributed by atoms with van der Waals surface area (Å²) >= 11 is 0. The third kappa shape index (κ3) is 2.97. The van der Waals surface area contributed by atoms with Crippen molar-refractivity contribution in [2.24, 2.45) is 0 Å². The highest BCUT2D eigenvalue weighted by Crippen LogP contribution is 2.23. The molecule has 0 spiro atoms. The van der Waals surface area contributed by atoms with Crippen LogP contribution in [0.15, 0.2) is 4.52 Å². The van der Waals surface area contributed by atoms with Gasteiger partial charge in [0.1, 0.15) is 5.56 Å². The van der Waals surface area contributed by atoms with Gasteiger partial charge in [-0.2, -0.15) is 0 Å². The fraction of sp³-hybridized carbons (Fsp3) is 0.714. The van der Waals surface area contributed by atoms with Gasteiger partial charge in [-0.3, -0.25) is 4.79 Å². The van der Waals surface area contributed by atoms with E-state index in [1.165, 1.54) is 0 Å². The van der Waals surface area contributed by atoms with Gasteiger partial charge in [-0.05, 0) is 26.7 Å². The minimum absolute atomic E-state index is 0.00399. The molecule has 1 aromatic rings. The molecule has 0 bridgehead atoms. The van der Waals surface area contributed by atoms with Crippen LogP contribution in [-0.4, -0.2) is 29.8 Å². The normalized spacial score (nSPS) is 20.8. The first kappa shape index (κ1) is 14.1. The smallest absolute Gasteiger partial charge is 0.257 e. The summed E-state index contributed by atoms with van der Waals surface area (Å²) in [5.74, 6) is 0.667. The van der Waals surface area contributed by atoms with Crippen molar-refractivity contribution >= 4 is 5.91 Å². The zero-order chi connectivity index (χ0) is 14.0. The summed E-state index contributed by atoms with van der Waals surface area (Å²) < 4.78 is 10.8. The zero-order valence-electron chi connectivity index (χ0n) is 12.0. The lowest BCUT2D eigenvalue weighted by molar-refractivity contribution is 0.0710. The van der Waals surface area contributed by atoms with Gasteiger partial charge in [0.2, 0.25) is 0 Å². The number of carbonyl (C=O) groups is 1. The van der Waals surface area contributed by atoms with Gasteiger partial charge in [0.25, 0.3) is 5.91 Å². The quantitative estimate of drug-likeness (QED) is 0.909. The van der Waals surface area contributed by atoms with Gasteiger partial charge in [0.15, 0.2) is 5.76 Å². The van der Waals surface area contributed by atoms with Crippen molar-refractivity contribution in [2.45, 2.75) is 58.6 Å². The van der Waals surface area contributed by atoms with Crippen molar-refractivity contribution in [3.8, 4) is 0 Å². The van der Waals surface area contributed by atoms with Crippen molar-refractivity contribution in [2.75, 3.05) is 6.61 Å². The van der Waals surface area contributed by atoms with Gasteiger partial charge < -0.3 is 14.6 Å². The van der Waals surface area contributed by atoms with Gasteiger partial charge in [-0.1, -0.05) is 19.0 Å². The Hall–Kier alpha value is -1.36. The first-order valence-corrected chi connectivity index (χ1v) is 6.89. The minimum Gasteiger partial charge on any atom is -0.376 e. The minimum atomic E-state index is -0.120. The fourth-order valence-electron chi connectivity index (χ4n) is 2.43. The molecule has 2 atom stereocenters. The molecule has 0 aromatic carbocycles. The molecule has 1 aliphatic rings. The summed E-state index contributed by atoms with van der Waals surface area (Å²) in [6.45, 7) is 8.53. The first-order chi connectivity index (χ1) is 9.00. The molecule has 1 saturated heterocycles. The molecule has 0 radical (unpaired) electrons. The molecule has 0 saturated carbocycles. The summed E-state index contributed by atoms with van der Waals surface area (Å²) in [4.78, 5) is 12.4. The summed E-state index contributed by atoms with van der Waals surface area (Å²) in [5, 5.41) is 6.89. The molecule has 106 valence electrons. The van der Waals surface area contributed by atoms with Gasteiger partial charge in [-0.15, -0.1) is 0 Å². The number of aromatic nitrogens is 1. The summed E-state index contributed by atoms with van der Waals surface area (Å²) in [6, 6.07) is 0.00399. The molecule has 1 N–H and O–H groups in total. The summed E-state index contributed by atoms with van der Waals surface area (Å²) in [7, 11) is 0. The Kier molecular flexibility index (Phi) is 4.24. The molecule has 19 heavy (non-hydrogen) atoms. The van der Waals surface area contributed by atoms with E-state index in [0.29, 0.717) is 17.0 Å². The summed E-state index contributed by atoms with van der Waals surface area (Å²) in [5.41, 5.74) is 1.21. The van der Waals surface area contributed by atoms with Crippen LogP contribution >= 0.6 is 0 Å². The number of amides is 1. The first-order valence-electron chi connectivity index (χ1n) is 6.89. The highest BCUT2D eigenvalue weighted by atomic mass is 16.5. The van der Waals surface area contributed by atoms with Crippen molar-refractivity contribution in [3.05, 3.63) is 17.0 Å². The van der Waals surface area contributed by atoms with Crippen LogP contribution in [0.2, 0.25) is 0 Å². The fourth-order valence-corrected chi connectivity index (χ4v) is 2.43.